The molecule has 0 bridgehead atoms. The van der Waals surface area contributed by atoms with Gasteiger partial charge in [0.1, 0.15) is 14.7 Å². The number of aromatic carboxylic acids is 1. The molecule has 4 rings (SSSR count). The van der Waals surface area contributed by atoms with E-state index in [0.29, 0.717) is 15.4 Å². The summed E-state index contributed by atoms with van der Waals surface area (Å²) < 4.78 is 6.87. The van der Waals surface area contributed by atoms with Crippen LogP contribution < -0.4 is 5.43 Å². The largest absolute Gasteiger partial charge is 0.507 e. The number of carboxylic acids is 1. The van der Waals surface area contributed by atoms with Crippen LogP contribution in [0.5, 0.6) is 5.75 Å². The van der Waals surface area contributed by atoms with Gasteiger partial charge in [-0.05, 0) is 69.8 Å². The summed E-state index contributed by atoms with van der Waals surface area (Å²) in [4.78, 5) is 24.8. The summed E-state index contributed by atoms with van der Waals surface area (Å²) in [5.41, 5.74) is -0.262. The zero-order valence-corrected chi connectivity index (χ0v) is 24.7. The van der Waals surface area contributed by atoms with Gasteiger partial charge in [-0.1, -0.05) is 46.4 Å². The van der Waals surface area contributed by atoms with E-state index in [2.05, 4.69) is 63.7 Å². The molecular weight excluding hydrogens is 782 g/mol. The third kappa shape index (κ3) is 3.93. The summed E-state index contributed by atoms with van der Waals surface area (Å²) in [6, 6.07) is 2.67. The second kappa shape index (κ2) is 9.17. The van der Waals surface area contributed by atoms with E-state index in [-0.39, 0.29) is 61.7 Å². The van der Waals surface area contributed by atoms with E-state index in [1.54, 1.807) is 0 Å². The number of aromatic hydroxyl groups is 1. The smallest absolute Gasteiger partial charge is 0.337 e. The first kappa shape index (κ1) is 25.6. The second-order valence-electron chi connectivity index (χ2n) is 6.56. The second-order valence-corrected chi connectivity index (χ2v) is 11.4. The summed E-state index contributed by atoms with van der Waals surface area (Å²) in [5, 5.41) is 19.8. The molecule has 1 aliphatic heterocycles. The van der Waals surface area contributed by atoms with Crippen molar-refractivity contribution in [2.45, 2.75) is 0 Å². The zero-order valence-electron chi connectivity index (χ0n) is 15.3. The highest BCUT2D eigenvalue weighted by atomic mass is 79.9. The third-order valence-electron chi connectivity index (χ3n) is 4.73. The first-order chi connectivity index (χ1) is 15.4. The molecule has 0 spiro atoms. The van der Waals surface area contributed by atoms with Crippen molar-refractivity contribution in [1.82, 2.24) is 0 Å². The van der Waals surface area contributed by atoms with Crippen LogP contribution in [0.25, 0.3) is 33.4 Å². The van der Waals surface area contributed by atoms with Gasteiger partial charge in [0.15, 0.2) is 16.8 Å². The van der Waals surface area contributed by atoms with Crippen LogP contribution in [-0.4, -0.2) is 16.2 Å². The van der Waals surface area contributed by atoms with Crippen molar-refractivity contribution in [1.29, 1.82) is 0 Å². The molecule has 13 heteroatoms. The number of benzene rings is 3. The summed E-state index contributed by atoms with van der Waals surface area (Å²) >= 11 is 38.6. The third-order valence-corrected chi connectivity index (χ3v) is 9.30. The highest BCUT2D eigenvalue weighted by Crippen LogP contribution is 2.55. The molecule has 5 nitrogen and oxygen atoms in total. The van der Waals surface area contributed by atoms with Gasteiger partial charge in [0.05, 0.1) is 25.7 Å². The van der Waals surface area contributed by atoms with Crippen molar-refractivity contribution < 1.29 is 19.4 Å². The molecule has 2 N–H and O–H groups in total. The standard InChI is InChI=1S/C20H4Br4Cl4O5/c21-3-1-5(29)12(23)18-7(3)9(8-4(22)2-6(30)13(24)19(8)33-18)10-11(20(31)32)15(26)17(28)16(27)14(10)25/h1-2,29H,(H,31,32). The zero-order chi connectivity index (χ0) is 24.5. The molecule has 0 saturated carbocycles. The molecule has 0 amide bonds. The molecule has 1 aliphatic carbocycles. The van der Waals surface area contributed by atoms with Gasteiger partial charge in [0.2, 0.25) is 0 Å². The van der Waals surface area contributed by atoms with Crippen molar-refractivity contribution >= 4 is 127 Å². The molecule has 0 radical (unpaired) electrons. The van der Waals surface area contributed by atoms with Crippen LogP contribution in [-0.2, 0) is 0 Å². The van der Waals surface area contributed by atoms with E-state index in [9.17, 15) is 19.8 Å². The van der Waals surface area contributed by atoms with Crippen molar-refractivity contribution in [3.8, 4) is 28.2 Å². The van der Waals surface area contributed by atoms with Crippen molar-refractivity contribution in [2.24, 2.45) is 0 Å². The van der Waals surface area contributed by atoms with Gasteiger partial charge in [0, 0.05) is 37.1 Å². The van der Waals surface area contributed by atoms with Crippen LogP contribution in [0.4, 0.5) is 0 Å². The molecule has 0 atom stereocenters. The Kier molecular flexibility index (Phi) is 7.10. The summed E-state index contributed by atoms with van der Waals surface area (Å²) in [7, 11) is 0. The van der Waals surface area contributed by atoms with E-state index >= 15 is 0 Å². The van der Waals surface area contributed by atoms with Crippen molar-refractivity contribution in [2.75, 3.05) is 0 Å². The SMILES string of the molecule is O=C(O)c1c(Cl)c(Cl)c(Cl)c(Cl)c1-c1c2c(Br)cc(=O)c(Br)c-2oc2c(Br)c(O)cc(Br)c12. The molecule has 33 heavy (non-hydrogen) atoms. The number of carboxylic acid groups (broad SMARTS) is 1. The Morgan fingerprint density at radius 2 is 1.42 bits per heavy atom. The number of fused-ring (bicyclic) bond motifs is 2. The number of halogens is 8. The Balaban J connectivity index is 2.47. The Hall–Kier alpha value is -0.520. The number of phenolic OH excluding ortho intramolecular Hbond substituents is 1. The normalized spacial score (nSPS) is 11.5. The lowest BCUT2D eigenvalue weighted by molar-refractivity contribution is 0.0698. The van der Waals surface area contributed by atoms with Gasteiger partial charge in [-0.2, -0.15) is 0 Å². The lowest BCUT2D eigenvalue weighted by Gasteiger charge is -2.22. The Bertz CT molecular complexity index is 1570. The summed E-state index contributed by atoms with van der Waals surface area (Å²) in [6.07, 6.45) is 0. The fourth-order valence-corrected chi connectivity index (χ4v) is 6.37. The Labute approximate surface area is 238 Å². The van der Waals surface area contributed by atoms with Gasteiger partial charge in [-0.25, -0.2) is 4.79 Å². The van der Waals surface area contributed by atoms with Crippen LogP contribution in [0.1, 0.15) is 10.4 Å². The van der Waals surface area contributed by atoms with Crippen LogP contribution in [0.3, 0.4) is 0 Å². The number of rotatable bonds is 2. The maximum Gasteiger partial charge on any atom is 0.337 e. The topological polar surface area (TPSA) is 87.7 Å². The minimum absolute atomic E-state index is 0.0566. The van der Waals surface area contributed by atoms with Crippen LogP contribution in [0, 0.1) is 0 Å². The lowest BCUT2D eigenvalue weighted by Crippen LogP contribution is -2.08. The molecule has 0 unspecified atom stereocenters. The molecule has 170 valence electrons. The van der Waals surface area contributed by atoms with Gasteiger partial charge in [0.25, 0.3) is 0 Å². The highest BCUT2D eigenvalue weighted by Gasteiger charge is 2.33. The maximum absolute atomic E-state index is 12.5. The first-order valence-corrected chi connectivity index (χ1v) is 13.1. The maximum atomic E-state index is 12.5. The van der Waals surface area contributed by atoms with Crippen molar-refractivity contribution in [3.05, 3.63) is 65.9 Å². The number of hydrogen-bond acceptors (Lipinski definition) is 4. The summed E-state index contributed by atoms with van der Waals surface area (Å²) in [5.74, 6) is -1.53. The van der Waals surface area contributed by atoms with E-state index in [0.717, 1.165) is 0 Å². The average Bonchev–Trinajstić information content (AvgIpc) is 2.75. The highest BCUT2D eigenvalue weighted by molar-refractivity contribution is 9.11. The molecule has 2 aliphatic rings. The minimum atomic E-state index is -1.41. The van der Waals surface area contributed by atoms with E-state index in [1.807, 2.05) is 0 Å². The lowest BCUT2D eigenvalue weighted by atomic mass is 9.90. The molecule has 1 heterocycles. The van der Waals surface area contributed by atoms with Gasteiger partial charge in [-0.3, -0.25) is 4.79 Å². The average molecular weight is 786 g/mol. The van der Waals surface area contributed by atoms with Crippen LogP contribution >= 0.6 is 110 Å². The predicted octanol–water partition coefficient (Wildman–Crippen LogP) is 9.63. The first-order valence-electron chi connectivity index (χ1n) is 8.43. The minimum Gasteiger partial charge on any atom is -0.507 e. The molecule has 0 fully saturated rings. The van der Waals surface area contributed by atoms with Crippen LogP contribution in [0.2, 0.25) is 20.1 Å². The fraction of sp³-hybridized carbons (Fsp3) is 0. The number of hydrogen-bond donors (Lipinski definition) is 2. The molecule has 0 saturated heterocycles. The quantitative estimate of drug-likeness (QED) is 0.120. The van der Waals surface area contributed by atoms with Gasteiger partial charge < -0.3 is 14.6 Å². The number of carbonyl (C=O) groups is 1. The van der Waals surface area contributed by atoms with Gasteiger partial charge in [-0.15, -0.1) is 0 Å². The molecular formula is C20H4Br4Cl4O5. The van der Waals surface area contributed by atoms with Crippen molar-refractivity contribution in [3.63, 3.8) is 0 Å². The van der Waals surface area contributed by atoms with E-state index in [4.69, 9.17) is 50.8 Å². The van der Waals surface area contributed by atoms with E-state index in [1.165, 1.54) is 12.1 Å². The monoisotopic (exact) mass is 780 g/mol. The van der Waals surface area contributed by atoms with Gasteiger partial charge >= 0.3 is 5.97 Å². The summed E-state index contributed by atoms with van der Waals surface area (Å²) in [6.45, 7) is 0. The van der Waals surface area contributed by atoms with Crippen LogP contribution in [0.15, 0.2) is 39.2 Å². The molecule has 2 aromatic carbocycles. The fourth-order valence-electron chi connectivity index (χ4n) is 3.37. The Morgan fingerprint density at radius 3 is 2.03 bits per heavy atom. The molecule has 0 aromatic heterocycles. The predicted molar refractivity (Wildman–Crippen MR) is 144 cm³/mol. The van der Waals surface area contributed by atoms with E-state index < -0.39 is 17.0 Å². The number of phenols is 1. The Morgan fingerprint density at radius 1 is 0.818 bits per heavy atom. The molecule has 2 aromatic rings.